The Morgan fingerprint density at radius 1 is 0.929 bits per heavy atom. The minimum Gasteiger partial charge on any atom is -0.458 e. The van der Waals surface area contributed by atoms with E-state index < -0.39 is 12.2 Å². The highest BCUT2D eigenvalue weighted by molar-refractivity contribution is 5.94. The molecular formula is C34H57N3O5. The highest BCUT2D eigenvalue weighted by Gasteiger charge is 2.57. The van der Waals surface area contributed by atoms with Gasteiger partial charge in [0.15, 0.2) is 0 Å². The van der Waals surface area contributed by atoms with E-state index in [1.807, 2.05) is 0 Å². The molecule has 0 radical (unpaired) electrons. The lowest BCUT2D eigenvalue weighted by Crippen LogP contribution is -2.53. The Morgan fingerprint density at radius 2 is 1.62 bits per heavy atom. The summed E-state index contributed by atoms with van der Waals surface area (Å²) in [6, 6.07) is 0. The Labute approximate surface area is 253 Å². The molecule has 0 spiro atoms. The maximum absolute atomic E-state index is 13.8. The number of hydrogen-bond donors (Lipinski definition) is 5. The minimum absolute atomic E-state index is 0.0409. The molecule has 0 aromatic heterocycles. The van der Waals surface area contributed by atoms with E-state index in [1.54, 1.807) is 0 Å². The van der Waals surface area contributed by atoms with Gasteiger partial charge in [0.2, 0.25) is 5.91 Å². The molecule has 8 heteroatoms. The van der Waals surface area contributed by atoms with Crippen LogP contribution in [0.2, 0.25) is 0 Å². The molecule has 4 aliphatic rings. The molecule has 0 aliphatic heterocycles. The molecule has 10 atom stereocenters. The highest BCUT2D eigenvalue weighted by atomic mass is 16.5. The van der Waals surface area contributed by atoms with Crippen molar-refractivity contribution in [3.8, 4) is 0 Å². The molecule has 1 amide bonds. The van der Waals surface area contributed by atoms with Crippen molar-refractivity contribution < 1.29 is 24.5 Å². The summed E-state index contributed by atoms with van der Waals surface area (Å²) in [5, 5.41) is 28.8. The van der Waals surface area contributed by atoms with Crippen molar-refractivity contribution >= 4 is 11.9 Å². The molecule has 8 nitrogen and oxygen atoms in total. The summed E-state index contributed by atoms with van der Waals surface area (Å²) in [6.45, 7) is 10.7. The van der Waals surface area contributed by atoms with Gasteiger partial charge in [-0.3, -0.25) is 9.59 Å². The molecular weight excluding hydrogens is 530 g/mol. The smallest absolute Gasteiger partial charge is 0.303 e. The molecule has 4 aliphatic carbocycles. The first-order chi connectivity index (χ1) is 20.1. The zero-order valence-corrected chi connectivity index (χ0v) is 26.4. The van der Waals surface area contributed by atoms with E-state index in [0.717, 1.165) is 75.6 Å². The van der Waals surface area contributed by atoms with Crippen molar-refractivity contribution in [1.29, 1.82) is 0 Å². The van der Waals surface area contributed by atoms with Gasteiger partial charge >= 0.3 is 5.97 Å². The Balaban J connectivity index is 1.59. The number of aliphatic hydroxyl groups excluding tert-OH is 2. The number of aliphatic hydroxyl groups is 2. The van der Waals surface area contributed by atoms with Crippen LogP contribution in [0.1, 0.15) is 91.9 Å². The van der Waals surface area contributed by atoms with Gasteiger partial charge in [-0.05, 0) is 145 Å². The summed E-state index contributed by atoms with van der Waals surface area (Å²) < 4.78 is 5.98. The van der Waals surface area contributed by atoms with Gasteiger partial charge in [0, 0.05) is 19.0 Å². The molecule has 0 aromatic rings. The number of ether oxygens (including phenoxy) is 1. The molecule has 238 valence electrons. The van der Waals surface area contributed by atoms with Gasteiger partial charge in [0.25, 0.3) is 0 Å². The molecule has 0 heterocycles. The average molecular weight is 588 g/mol. The zero-order chi connectivity index (χ0) is 30.4. The van der Waals surface area contributed by atoms with Crippen LogP contribution in [0.25, 0.3) is 0 Å². The summed E-state index contributed by atoms with van der Waals surface area (Å²) in [5.74, 6) is 1.66. The first-order valence-electron chi connectivity index (χ1n) is 16.7. The van der Waals surface area contributed by atoms with E-state index in [-0.39, 0.29) is 35.7 Å². The van der Waals surface area contributed by atoms with Crippen LogP contribution < -0.4 is 16.4 Å². The highest BCUT2D eigenvalue weighted by Crippen LogP contribution is 2.60. The topological polar surface area (TPSA) is 134 Å². The normalized spacial score (nSPS) is 36.7. The maximum Gasteiger partial charge on any atom is 0.303 e. The largest absolute Gasteiger partial charge is 0.458 e. The lowest BCUT2D eigenvalue weighted by Gasteiger charge is -2.55. The van der Waals surface area contributed by atoms with Crippen LogP contribution in [0.4, 0.5) is 0 Å². The van der Waals surface area contributed by atoms with Crippen LogP contribution in [0.15, 0.2) is 22.8 Å². The third kappa shape index (κ3) is 7.66. The van der Waals surface area contributed by atoms with Gasteiger partial charge in [0.1, 0.15) is 6.10 Å². The van der Waals surface area contributed by atoms with Crippen LogP contribution in [-0.2, 0) is 14.3 Å². The van der Waals surface area contributed by atoms with Gasteiger partial charge in [-0.1, -0.05) is 18.6 Å². The summed E-state index contributed by atoms with van der Waals surface area (Å²) in [4.78, 5) is 26.1. The first kappa shape index (κ1) is 33.2. The van der Waals surface area contributed by atoms with E-state index in [2.05, 4.69) is 37.5 Å². The van der Waals surface area contributed by atoms with Gasteiger partial charge in [0.05, 0.1) is 12.2 Å². The van der Waals surface area contributed by atoms with Gasteiger partial charge in [-0.15, -0.1) is 0 Å². The van der Waals surface area contributed by atoms with Crippen LogP contribution in [0.5, 0.6) is 0 Å². The molecule has 4 fully saturated rings. The second-order valence-corrected chi connectivity index (χ2v) is 13.8. The standard InChI is InChI=1S/C34H57N3O5/c1-20(2)8-5-9-26(34(41)37-17-7-16-36-15-6-14-35)33-28-18-30(40)32-24-12-13-29(39)21(3)23(24)10-11-25(32)27(28)19-31(33)42-22(4)38/h8,21,23-25,27-32,36,39-40H,5-7,9-19,35H2,1-4H3,(H,37,41)/b33-26-/t21-,23?,24?,25?,27?,28?,29+,30+,31?,32?/m0/s1. The van der Waals surface area contributed by atoms with Crippen molar-refractivity contribution in [2.75, 3.05) is 26.2 Å². The fraction of sp³-hybridized carbons (Fsp3) is 0.824. The molecule has 6 N–H and O–H groups in total. The maximum atomic E-state index is 13.8. The van der Waals surface area contributed by atoms with E-state index in [0.29, 0.717) is 49.6 Å². The predicted octanol–water partition coefficient (Wildman–Crippen LogP) is 3.86. The van der Waals surface area contributed by atoms with Crippen molar-refractivity contribution in [1.82, 2.24) is 10.6 Å². The van der Waals surface area contributed by atoms with Gasteiger partial charge < -0.3 is 31.3 Å². The fourth-order valence-corrected chi connectivity index (χ4v) is 9.13. The van der Waals surface area contributed by atoms with Crippen LogP contribution in [0.3, 0.4) is 0 Å². The summed E-state index contributed by atoms with van der Waals surface area (Å²) in [5.41, 5.74) is 8.49. The second-order valence-electron chi connectivity index (χ2n) is 13.8. The number of esters is 1. The minimum atomic E-state index is -0.445. The molecule has 0 bridgehead atoms. The number of hydrogen-bond acceptors (Lipinski definition) is 7. The molecule has 42 heavy (non-hydrogen) atoms. The SMILES string of the molecule is CC(=O)OC1CC2C(C[C@@H](O)C3C2CCC2C3CC[C@@H](O)[C@H]2C)/C1=C(\CCC=C(C)C)C(=O)NCCCNCCCN. The molecule has 4 rings (SSSR count). The lowest BCUT2D eigenvalue weighted by molar-refractivity contribution is -0.145. The van der Waals surface area contributed by atoms with E-state index in [9.17, 15) is 19.8 Å². The fourth-order valence-electron chi connectivity index (χ4n) is 9.13. The number of carbonyl (C=O) groups excluding carboxylic acids is 2. The van der Waals surface area contributed by atoms with Crippen LogP contribution >= 0.6 is 0 Å². The first-order valence-corrected chi connectivity index (χ1v) is 16.7. The summed E-state index contributed by atoms with van der Waals surface area (Å²) in [6.07, 6.45) is 9.38. The second kappa shape index (κ2) is 15.3. The van der Waals surface area contributed by atoms with Crippen LogP contribution in [-0.4, -0.2) is 66.6 Å². The number of fused-ring (bicyclic) bond motifs is 5. The third-order valence-corrected chi connectivity index (χ3v) is 10.9. The number of carbonyl (C=O) groups is 2. The van der Waals surface area contributed by atoms with E-state index >= 15 is 0 Å². The summed E-state index contributed by atoms with van der Waals surface area (Å²) in [7, 11) is 0. The average Bonchev–Trinajstić information content (AvgIpc) is 3.28. The Kier molecular flexibility index (Phi) is 12.1. The number of allylic oxidation sites excluding steroid dienone is 2. The molecule has 0 aromatic carbocycles. The van der Waals surface area contributed by atoms with Crippen LogP contribution in [0, 0.1) is 41.4 Å². The van der Waals surface area contributed by atoms with E-state index in [1.165, 1.54) is 12.5 Å². The van der Waals surface area contributed by atoms with Crippen molar-refractivity contribution in [3.05, 3.63) is 22.8 Å². The van der Waals surface area contributed by atoms with Gasteiger partial charge in [-0.25, -0.2) is 0 Å². The lowest BCUT2D eigenvalue weighted by atomic mass is 9.51. The molecule has 4 saturated carbocycles. The number of nitrogens with one attached hydrogen (secondary N) is 2. The van der Waals surface area contributed by atoms with Crippen molar-refractivity contribution in [2.45, 2.75) is 110 Å². The Hall–Kier alpha value is -1.74. The summed E-state index contributed by atoms with van der Waals surface area (Å²) >= 11 is 0. The Bertz CT molecular complexity index is 992. The van der Waals surface area contributed by atoms with Crippen molar-refractivity contribution in [3.63, 3.8) is 0 Å². The number of rotatable bonds is 12. The number of nitrogens with two attached hydrogens (primary N) is 1. The monoisotopic (exact) mass is 587 g/mol. The predicted molar refractivity (Wildman–Crippen MR) is 165 cm³/mol. The van der Waals surface area contributed by atoms with E-state index in [4.69, 9.17) is 10.5 Å². The Morgan fingerprint density at radius 3 is 2.33 bits per heavy atom. The quantitative estimate of drug-likeness (QED) is 0.101. The molecule has 0 saturated heterocycles. The zero-order valence-electron chi connectivity index (χ0n) is 26.4. The third-order valence-electron chi connectivity index (χ3n) is 10.9. The van der Waals surface area contributed by atoms with Crippen molar-refractivity contribution in [2.24, 2.45) is 47.2 Å². The molecule has 7 unspecified atom stereocenters. The van der Waals surface area contributed by atoms with Gasteiger partial charge in [-0.2, -0.15) is 0 Å². The number of amides is 1.